The van der Waals surface area contributed by atoms with Gasteiger partial charge in [-0.05, 0) is 62.3 Å². The van der Waals surface area contributed by atoms with Gasteiger partial charge in [0.15, 0.2) is 0 Å². The molecule has 1 aromatic rings. The molecule has 0 radical (unpaired) electrons. The van der Waals surface area contributed by atoms with E-state index in [0.29, 0.717) is 23.2 Å². The Bertz CT molecular complexity index is 408. The van der Waals surface area contributed by atoms with Gasteiger partial charge >= 0.3 is 0 Å². The van der Waals surface area contributed by atoms with Crippen molar-refractivity contribution in [2.24, 2.45) is 11.7 Å². The molecule has 1 aliphatic carbocycles. The minimum Gasteiger partial charge on any atom is -0.399 e. The summed E-state index contributed by atoms with van der Waals surface area (Å²) in [5.41, 5.74) is 12.8. The summed E-state index contributed by atoms with van der Waals surface area (Å²) in [6.07, 6.45) is 5.68. The second-order valence-electron chi connectivity index (χ2n) is 5.45. The van der Waals surface area contributed by atoms with E-state index in [0.717, 1.165) is 25.8 Å². The highest BCUT2D eigenvalue weighted by atomic mass is 16.1. The molecule has 0 heterocycles. The number of hydrogen-bond acceptors (Lipinski definition) is 3. The van der Waals surface area contributed by atoms with Crippen molar-refractivity contribution in [3.05, 3.63) is 29.8 Å². The van der Waals surface area contributed by atoms with Gasteiger partial charge < -0.3 is 16.8 Å². The first-order chi connectivity index (χ1) is 9.15. The van der Waals surface area contributed by atoms with Crippen LogP contribution in [0.1, 0.15) is 42.5 Å². The molecule has 1 aliphatic rings. The first kappa shape index (κ1) is 13.9. The molecule has 0 bridgehead atoms. The van der Waals surface area contributed by atoms with Gasteiger partial charge in [-0.15, -0.1) is 0 Å². The molecule has 4 heteroatoms. The number of nitrogens with one attached hydrogen (secondary N) is 1. The lowest BCUT2D eigenvalue weighted by Crippen LogP contribution is -2.30. The van der Waals surface area contributed by atoms with Crippen LogP contribution in [0.4, 0.5) is 5.69 Å². The van der Waals surface area contributed by atoms with E-state index in [2.05, 4.69) is 5.32 Å². The molecule has 4 nitrogen and oxygen atoms in total. The number of carbonyl (C=O) groups is 1. The Morgan fingerprint density at radius 1 is 1.16 bits per heavy atom. The third-order valence-corrected chi connectivity index (χ3v) is 3.90. The summed E-state index contributed by atoms with van der Waals surface area (Å²) >= 11 is 0. The largest absolute Gasteiger partial charge is 0.399 e. The van der Waals surface area contributed by atoms with E-state index in [4.69, 9.17) is 11.5 Å². The third-order valence-electron chi connectivity index (χ3n) is 3.90. The van der Waals surface area contributed by atoms with Crippen molar-refractivity contribution in [2.75, 3.05) is 12.3 Å². The Morgan fingerprint density at radius 2 is 1.79 bits per heavy atom. The third kappa shape index (κ3) is 4.24. The predicted molar refractivity (Wildman–Crippen MR) is 77.7 cm³/mol. The Morgan fingerprint density at radius 3 is 2.42 bits per heavy atom. The number of hydrogen-bond donors (Lipinski definition) is 3. The van der Waals surface area contributed by atoms with Crippen molar-refractivity contribution in [3.8, 4) is 0 Å². The lowest BCUT2D eigenvalue weighted by molar-refractivity contribution is 0.0950. The molecule has 2 rings (SSSR count). The number of carbonyl (C=O) groups excluding carboxylic acids is 1. The van der Waals surface area contributed by atoms with E-state index in [1.165, 1.54) is 12.8 Å². The zero-order valence-corrected chi connectivity index (χ0v) is 11.3. The Balaban J connectivity index is 1.70. The number of nitrogens with two attached hydrogens (primary N) is 2. The minimum atomic E-state index is -0.0208. The summed E-state index contributed by atoms with van der Waals surface area (Å²) in [7, 11) is 0. The molecule has 1 saturated carbocycles. The summed E-state index contributed by atoms with van der Waals surface area (Å²) in [6.45, 7) is 0.739. The fraction of sp³-hybridized carbons (Fsp3) is 0.533. The summed E-state index contributed by atoms with van der Waals surface area (Å²) in [5, 5.41) is 2.97. The molecule has 5 N–H and O–H groups in total. The lowest BCUT2D eigenvalue weighted by Gasteiger charge is -2.25. The fourth-order valence-electron chi connectivity index (χ4n) is 2.60. The average Bonchev–Trinajstić information content (AvgIpc) is 2.41. The quantitative estimate of drug-likeness (QED) is 0.724. The maximum absolute atomic E-state index is 11.9. The zero-order valence-electron chi connectivity index (χ0n) is 11.3. The van der Waals surface area contributed by atoms with E-state index in [9.17, 15) is 4.79 Å². The maximum Gasteiger partial charge on any atom is 0.251 e. The average molecular weight is 261 g/mol. The smallest absolute Gasteiger partial charge is 0.251 e. The van der Waals surface area contributed by atoms with Gasteiger partial charge in [0.2, 0.25) is 0 Å². The summed E-state index contributed by atoms with van der Waals surface area (Å²) in [4.78, 5) is 11.9. The zero-order chi connectivity index (χ0) is 13.7. The van der Waals surface area contributed by atoms with Crippen molar-refractivity contribution in [1.29, 1.82) is 0 Å². The van der Waals surface area contributed by atoms with Crippen LogP contribution in [0.2, 0.25) is 0 Å². The molecule has 104 valence electrons. The van der Waals surface area contributed by atoms with Gasteiger partial charge in [-0.2, -0.15) is 0 Å². The van der Waals surface area contributed by atoms with Crippen LogP contribution in [0.3, 0.4) is 0 Å². The van der Waals surface area contributed by atoms with Gasteiger partial charge in [0.05, 0.1) is 0 Å². The highest BCUT2D eigenvalue weighted by Gasteiger charge is 2.18. The summed E-state index contributed by atoms with van der Waals surface area (Å²) < 4.78 is 0. The van der Waals surface area contributed by atoms with Gasteiger partial charge in [0, 0.05) is 23.8 Å². The molecule has 1 amide bonds. The Labute approximate surface area is 114 Å². The highest BCUT2D eigenvalue weighted by molar-refractivity contribution is 5.94. The second-order valence-corrected chi connectivity index (χ2v) is 5.45. The van der Waals surface area contributed by atoms with E-state index in [1.54, 1.807) is 24.3 Å². The summed E-state index contributed by atoms with van der Waals surface area (Å²) in [5.74, 6) is 0.694. The van der Waals surface area contributed by atoms with Crippen molar-refractivity contribution in [3.63, 3.8) is 0 Å². The lowest BCUT2D eigenvalue weighted by atomic mass is 9.84. The van der Waals surface area contributed by atoms with Crippen LogP contribution in [0, 0.1) is 5.92 Å². The fourth-order valence-corrected chi connectivity index (χ4v) is 2.60. The minimum absolute atomic E-state index is 0.0208. The molecule has 0 atom stereocenters. The number of nitrogen functional groups attached to an aromatic ring is 1. The first-order valence-electron chi connectivity index (χ1n) is 7.04. The van der Waals surface area contributed by atoms with Gasteiger partial charge in [0.25, 0.3) is 5.91 Å². The molecular weight excluding hydrogens is 238 g/mol. The van der Waals surface area contributed by atoms with Crippen LogP contribution in [0.5, 0.6) is 0 Å². The molecule has 0 saturated heterocycles. The molecule has 0 unspecified atom stereocenters. The van der Waals surface area contributed by atoms with Gasteiger partial charge in [-0.1, -0.05) is 0 Å². The number of rotatable bonds is 4. The second kappa shape index (κ2) is 6.57. The van der Waals surface area contributed by atoms with Gasteiger partial charge in [-0.3, -0.25) is 4.79 Å². The van der Waals surface area contributed by atoms with Crippen molar-refractivity contribution < 1.29 is 4.79 Å². The predicted octanol–water partition coefficient (Wildman–Crippen LogP) is 1.91. The van der Waals surface area contributed by atoms with Crippen LogP contribution in [0.25, 0.3) is 0 Å². The van der Waals surface area contributed by atoms with Crippen LogP contribution >= 0.6 is 0 Å². The SMILES string of the molecule is Nc1ccc(C(=O)NCCC2CCC(N)CC2)cc1. The van der Waals surface area contributed by atoms with Crippen molar-refractivity contribution >= 4 is 11.6 Å². The molecule has 1 aromatic carbocycles. The monoisotopic (exact) mass is 261 g/mol. The topological polar surface area (TPSA) is 81.1 Å². The molecule has 0 aliphatic heterocycles. The van der Waals surface area contributed by atoms with E-state index < -0.39 is 0 Å². The van der Waals surface area contributed by atoms with Gasteiger partial charge in [-0.25, -0.2) is 0 Å². The van der Waals surface area contributed by atoms with Crippen LogP contribution < -0.4 is 16.8 Å². The molecular formula is C15H23N3O. The molecule has 0 aromatic heterocycles. The molecule has 19 heavy (non-hydrogen) atoms. The van der Waals surface area contributed by atoms with Crippen LogP contribution in [-0.4, -0.2) is 18.5 Å². The van der Waals surface area contributed by atoms with Crippen LogP contribution in [0.15, 0.2) is 24.3 Å². The Hall–Kier alpha value is -1.55. The summed E-state index contributed by atoms with van der Waals surface area (Å²) in [6, 6.07) is 7.39. The maximum atomic E-state index is 11.9. The van der Waals surface area contributed by atoms with E-state index >= 15 is 0 Å². The number of amides is 1. The van der Waals surface area contributed by atoms with Crippen molar-refractivity contribution in [1.82, 2.24) is 5.32 Å². The van der Waals surface area contributed by atoms with Crippen molar-refractivity contribution in [2.45, 2.75) is 38.1 Å². The van der Waals surface area contributed by atoms with E-state index in [-0.39, 0.29) is 5.91 Å². The van der Waals surface area contributed by atoms with Crippen LogP contribution in [-0.2, 0) is 0 Å². The Kier molecular flexibility index (Phi) is 4.80. The normalized spacial score (nSPS) is 23.0. The first-order valence-corrected chi connectivity index (χ1v) is 7.04. The van der Waals surface area contributed by atoms with Gasteiger partial charge in [0.1, 0.15) is 0 Å². The highest BCUT2D eigenvalue weighted by Crippen LogP contribution is 2.25. The molecule has 0 spiro atoms. The number of benzene rings is 1. The van der Waals surface area contributed by atoms with E-state index in [1.807, 2.05) is 0 Å². The standard InChI is InChI=1S/C15H23N3O/c16-13-5-1-11(2-6-13)9-10-18-15(19)12-3-7-14(17)8-4-12/h3-4,7-8,11,13H,1-2,5-6,9-10,16-17H2,(H,18,19). The number of anilines is 1. The molecule has 1 fully saturated rings.